The molecule has 1 aliphatic rings. The van der Waals surface area contributed by atoms with Crippen molar-refractivity contribution in [1.29, 1.82) is 0 Å². The third-order valence-corrected chi connectivity index (χ3v) is 4.03. The van der Waals surface area contributed by atoms with Crippen molar-refractivity contribution in [2.75, 3.05) is 13.2 Å². The largest absolute Gasteiger partial charge is 0.481 e. The molecule has 2 heterocycles. The molecule has 0 saturated carbocycles. The van der Waals surface area contributed by atoms with Gasteiger partial charge in [-0.15, -0.1) is 0 Å². The molecule has 6 nitrogen and oxygen atoms in total. The first-order chi connectivity index (χ1) is 11.6. The maximum atomic E-state index is 13.5. The molecule has 0 spiro atoms. The van der Waals surface area contributed by atoms with Crippen LogP contribution in [-0.2, 0) is 16.6 Å². The second-order valence-corrected chi connectivity index (χ2v) is 5.80. The highest BCUT2D eigenvalue weighted by molar-refractivity contribution is 5.77. The van der Waals surface area contributed by atoms with Crippen molar-refractivity contribution in [1.82, 2.24) is 14.9 Å². The number of nitrogens with one attached hydrogen (secondary N) is 1. The Kier molecular flexibility index (Phi) is 5.10. The number of carbonyl (C=O) groups is 1. The molecule has 1 fully saturated rings. The molecular formula is C17H20FN3O3. The van der Waals surface area contributed by atoms with Gasteiger partial charge in [-0.05, 0) is 25.0 Å². The number of hydrogen-bond donors (Lipinski definition) is 1. The third-order valence-electron chi connectivity index (χ3n) is 4.03. The van der Waals surface area contributed by atoms with Crippen LogP contribution in [0.3, 0.4) is 0 Å². The Labute approximate surface area is 139 Å². The lowest BCUT2D eigenvalue weighted by Gasteiger charge is -2.30. The molecule has 1 saturated heterocycles. The summed E-state index contributed by atoms with van der Waals surface area (Å²) < 4.78 is 26.4. The van der Waals surface area contributed by atoms with Gasteiger partial charge in [0.05, 0.1) is 18.2 Å². The first-order valence-corrected chi connectivity index (χ1v) is 7.88. The second kappa shape index (κ2) is 7.44. The number of aryl methyl sites for hydroxylation is 1. The van der Waals surface area contributed by atoms with Gasteiger partial charge in [0.1, 0.15) is 6.10 Å². The molecule has 1 aromatic carbocycles. The number of aromatic nitrogens is 2. The van der Waals surface area contributed by atoms with E-state index in [1.165, 1.54) is 12.1 Å². The molecule has 128 valence electrons. The van der Waals surface area contributed by atoms with Crippen molar-refractivity contribution in [3.05, 3.63) is 48.3 Å². The van der Waals surface area contributed by atoms with Crippen molar-refractivity contribution in [2.45, 2.75) is 25.0 Å². The molecule has 24 heavy (non-hydrogen) atoms. The van der Waals surface area contributed by atoms with Crippen molar-refractivity contribution in [3.8, 4) is 5.75 Å². The number of amides is 1. The zero-order chi connectivity index (χ0) is 16.9. The third kappa shape index (κ3) is 3.91. The molecule has 1 amide bonds. The zero-order valence-corrected chi connectivity index (χ0v) is 13.4. The first kappa shape index (κ1) is 16.4. The van der Waals surface area contributed by atoms with Crippen LogP contribution in [0.25, 0.3) is 0 Å². The fourth-order valence-electron chi connectivity index (χ4n) is 2.79. The SMILES string of the molecule is Cn1cncc1[C@H]1C[C@H](NC(=O)COc2ccccc2F)CCO1. The molecule has 1 N–H and O–H groups in total. The summed E-state index contributed by atoms with van der Waals surface area (Å²) in [6.07, 6.45) is 4.81. The number of hydrogen-bond acceptors (Lipinski definition) is 4. The van der Waals surface area contributed by atoms with E-state index in [-0.39, 0.29) is 30.4 Å². The van der Waals surface area contributed by atoms with Crippen LogP contribution in [0.15, 0.2) is 36.8 Å². The number of ether oxygens (including phenoxy) is 2. The fourth-order valence-corrected chi connectivity index (χ4v) is 2.79. The minimum absolute atomic E-state index is 0.00429. The Balaban J connectivity index is 1.51. The smallest absolute Gasteiger partial charge is 0.258 e. The van der Waals surface area contributed by atoms with E-state index in [0.29, 0.717) is 13.0 Å². The Hall–Kier alpha value is -2.41. The van der Waals surface area contributed by atoms with Crippen molar-refractivity contribution >= 4 is 5.91 Å². The van der Waals surface area contributed by atoms with E-state index >= 15 is 0 Å². The van der Waals surface area contributed by atoms with Gasteiger partial charge < -0.3 is 19.4 Å². The van der Waals surface area contributed by atoms with Gasteiger partial charge in [-0.3, -0.25) is 4.79 Å². The number of carbonyl (C=O) groups excluding carboxylic acids is 1. The predicted octanol–water partition coefficient (Wildman–Crippen LogP) is 1.97. The van der Waals surface area contributed by atoms with E-state index in [9.17, 15) is 9.18 Å². The van der Waals surface area contributed by atoms with Crippen LogP contribution in [0.2, 0.25) is 0 Å². The molecule has 7 heteroatoms. The average molecular weight is 333 g/mol. The summed E-state index contributed by atoms with van der Waals surface area (Å²) in [6, 6.07) is 6.02. The second-order valence-electron chi connectivity index (χ2n) is 5.80. The van der Waals surface area contributed by atoms with Crippen LogP contribution < -0.4 is 10.1 Å². The van der Waals surface area contributed by atoms with Gasteiger partial charge >= 0.3 is 0 Å². The van der Waals surface area contributed by atoms with E-state index in [1.807, 2.05) is 11.6 Å². The lowest BCUT2D eigenvalue weighted by atomic mass is 10.0. The number of rotatable bonds is 5. The molecule has 1 aromatic heterocycles. The van der Waals surface area contributed by atoms with Crippen LogP contribution >= 0.6 is 0 Å². The zero-order valence-electron chi connectivity index (χ0n) is 13.4. The summed E-state index contributed by atoms with van der Waals surface area (Å²) in [4.78, 5) is 16.1. The topological polar surface area (TPSA) is 65.4 Å². The van der Waals surface area contributed by atoms with E-state index in [2.05, 4.69) is 10.3 Å². The van der Waals surface area contributed by atoms with Gasteiger partial charge in [0, 0.05) is 19.7 Å². The Bertz CT molecular complexity index is 704. The Morgan fingerprint density at radius 1 is 1.50 bits per heavy atom. The number of para-hydroxylation sites is 1. The summed E-state index contributed by atoms with van der Waals surface area (Å²) >= 11 is 0. The maximum absolute atomic E-state index is 13.5. The van der Waals surface area contributed by atoms with Gasteiger partial charge in [0.15, 0.2) is 18.2 Å². The number of halogens is 1. The van der Waals surface area contributed by atoms with Gasteiger partial charge in [0.2, 0.25) is 0 Å². The van der Waals surface area contributed by atoms with Crippen molar-refractivity contribution in [2.24, 2.45) is 7.05 Å². The molecule has 0 aliphatic carbocycles. The Morgan fingerprint density at radius 3 is 3.08 bits per heavy atom. The van der Waals surface area contributed by atoms with E-state index in [4.69, 9.17) is 9.47 Å². The normalized spacial score (nSPS) is 20.6. The Morgan fingerprint density at radius 2 is 2.33 bits per heavy atom. The molecule has 2 atom stereocenters. The monoisotopic (exact) mass is 333 g/mol. The minimum Gasteiger partial charge on any atom is -0.481 e. The van der Waals surface area contributed by atoms with Crippen LogP contribution in [-0.4, -0.2) is 34.7 Å². The van der Waals surface area contributed by atoms with E-state index in [1.54, 1.807) is 24.7 Å². The molecular weight excluding hydrogens is 313 g/mol. The lowest BCUT2D eigenvalue weighted by Crippen LogP contribution is -2.42. The first-order valence-electron chi connectivity index (χ1n) is 7.88. The van der Waals surface area contributed by atoms with Crippen molar-refractivity contribution in [3.63, 3.8) is 0 Å². The quantitative estimate of drug-likeness (QED) is 0.909. The lowest BCUT2D eigenvalue weighted by molar-refractivity contribution is -0.125. The summed E-state index contributed by atoms with van der Waals surface area (Å²) in [5.74, 6) is -0.672. The summed E-state index contributed by atoms with van der Waals surface area (Å²) in [6.45, 7) is 0.351. The van der Waals surface area contributed by atoms with Crippen LogP contribution in [0.1, 0.15) is 24.6 Å². The molecule has 1 aliphatic heterocycles. The van der Waals surface area contributed by atoms with Gasteiger partial charge in [-0.1, -0.05) is 12.1 Å². The predicted molar refractivity (Wildman–Crippen MR) is 85.0 cm³/mol. The summed E-state index contributed by atoms with van der Waals surface area (Å²) in [5.41, 5.74) is 0.983. The maximum Gasteiger partial charge on any atom is 0.258 e. The van der Waals surface area contributed by atoms with Gasteiger partial charge in [-0.25, -0.2) is 9.37 Å². The summed E-state index contributed by atoms with van der Waals surface area (Å²) in [7, 11) is 1.91. The van der Waals surface area contributed by atoms with E-state index in [0.717, 1.165) is 12.1 Å². The summed E-state index contributed by atoms with van der Waals surface area (Å²) in [5, 5.41) is 2.92. The highest BCUT2D eigenvalue weighted by Crippen LogP contribution is 2.27. The molecule has 0 radical (unpaired) electrons. The number of benzene rings is 1. The average Bonchev–Trinajstić information content (AvgIpc) is 3.00. The standard InChI is InChI=1S/C17H20FN3O3/c1-21-11-19-9-14(21)16-8-12(6-7-23-16)20-17(22)10-24-15-5-3-2-4-13(15)18/h2-5,9,11-12,16H,6-8,10H2,1H3,(H,20,22)/t12-,16-/m1/s1. The highest BCUT2D eigenvalue weighted by Gasteiger charge is 2.26. The van der Waals surface area contributed by atoms with E-state index < -0.39 is 5.82 Å². The molecule has 0 unspecified atom stereocenters. The number of nitrogens with zero attached hydrogens (tertiary/aromatic N) is 2. The molecule has 3 rings (SSSR count). The van der Waals surface area contributed by atoms with Gasteiger partial charge in [-0.2, -0.15) is 0 Å². The fraction of sp³-hybridized carbons (Fsp3) is 0.412. The minimum atomic E-state index is -0.479. The highest BCUT2D eigenvalue weighted by atomic mass is 19.1. The number of imidazole rings is 1. The van der Waals surface area contributed by atoms with Crippen LogP contribution in [0.5, 0.6) is 5.75 Å². The molecule has 2 aromatic rings. The van der Waals surface area contributed by atoms with Gasteiger partial charge in [0.25, 0.3) is 5.91 Å². The van der Waals surface area contributed by atoms with Crippen molar-refractivity contribution < 1.29 is 18.7 Å². The van der Waals surface area contributed by atoms with Crippen LogP contribution in [0.4, 0.5) is 4.39 Å². The van der Waals surface area contributed by atoms with Crippen LogP contribution in [0, 0.1) is 5.82 Å². The molecule has 0 bridgehead atoms.